The fourth-order valence-corrected chi connectivity index (χ4v) is 3.91. The van der Waals surface area contributed by atoms with E-state index in [0.717, 1.165) is 23.3 Å². The Bertz CT molecular complexity index is 789. The molecule has 2 amide bonds. The van der Waals surface area contributed by atoms with Gasteiger partial charge in [0.15, 0.2) is 0 Å². The molecule has 6 nitrogen and oxygen atoms in total. The van der Waals surface area contributed by atoms with Gasteiger partial charge in [0.05, 0.1) is 11.3 Å². The zero-order valence-corrected chi connectivity index (χ0v) is 14.3. The molecule has 1 aliphatic carbocycles. The topological polar surface area (TPSA) is 95.5 Å². The molecular formula is C18H18N2O4S. The number of carboxylic acids is 1. The minimum Gasteiger partial charge on any atom is -0.480 e. The number of hydrogen-bond donors (Lipinski definition) is 3. The molecule has 7 heteroatoms. The number of hydrogen-bond acceptors (Lipinski definition) is 4. The molecule has 0 fully saturated rings. The van der Waals surface area contributed by atoms with Crippen molar-refractivity contribution in [1.82, 2.24) is 5.32 Å². The van der Waals surface area contributed by atoms with Gasteiger partial charge in [0, 0.05) is 10.6 Å². The normalized spacial score (nSPS) is 12.5. The van der Waals surface area contributed by atoms with Crippen LogP contribution in [0.1, 0.15) is 32.1 Å². The smallest absolute Gasteiger partial charge is 0.322 e. The number of fused-ring (bicyclic) bond motifs is 1. The largest absolute Gasteiger partial charge is 0.480 e. The molecule has 130 valence electrons. The summed E-state index contributed by atoms with van der Waals surface area (Å²) < 4.78 is 0. The number of amides is 2. The summed E-state index contributed by atoms with van der Waals surface area (Å²) in [4.78, 5) is 36.3. The summed E-state index contributed by atoms with van der Waals surface area (Å²) in [5, 5.41) is 13.7. The Morgan fingerprint density at radius 2 is 1.88 bits per heavy atom. The van der Waals surface area contributed by atoms with Crippen LogP contribution in [0.2, 0.25) is 0 Å². The minimum atomic E-state index is -1.08. The van der Waals surface area contributed by atoms with Gasteiger partial charge in [-0.2, -0.15) is 0 Å². The molecule has 0 radical (unpaired) electrons. The first-order valence-corrected chi connectivity index (χ1v) is 8.83. The number of aliphatic carboxylic acids is 1. The average Bonchev–Trinajstić information content (AvgIpc) is 3.16. The molecule has 1 aliphatic rings. The van der Waals surface area contributed by atoms with Gasteiger partial charge in [-0.15, -0.1) is 11.3 Å². The van der Waals surface area contributed by atoms with E-state index in [-0.39, 0.29) is 18.2 Å². The van der Waals surface area contributed by atoms with Crippen LogP contribution in [-0.4, -0.2) is 29.4 Å². The number of nitrogens with one attached hydrogen (secondary N) is 2. The lowest BCUT2D eigenvalue weighted by Crippen LogP contribution is -2.30. The first-order valence-electron chi connectivity index (χ1n) is 8.01. The molecule has 25 heavy (non-hydrogen) atoms. The molecule has 1 heterocycles. The van der Waals surface area contributed by atoms with Crippen molar-refractivity contribution in [3.8, 4) is 0 Å². The van der Waals surface area contributed by atoms with Crippen LogP contribution in [0.3, 0.4) is 0 Å². The highest BCUT2D eigenvalue weighted by molar-refractivity contribution is 7.14. The van der Waals surface area contributed by atoms with E-state index in [2.05, 4.69) is 10.6 Å². The van der Waals surface area contributed by atoms with Crippen LogP contribution < -0.4 is 10.6 Å². The Morgan fingerprint density at radius 3 is 2.56 bits per heavy atom. The van der Waals surface area contributed by atoms with E-state index in [0.29, 0.717) is 5.69 Å². The minimum absolute atomic E-state index is 0.0964. The molecule has 0 aliphatic heterocycles. The van der Waals surface area contributed by atoms with Crippen LogP contribution in [0, 0.1) is 0 Å². The monoisotopic (exact) mass is 358 g/mol. The fraction of sp³-hybridized carbons (Fsp3) is 0.278. The number of carbonyl (C=O) groups is 3. The van der Waals surface area contributed by atoms with Crippen LogP contribution in [0.25, 0.3) is 0 Å². The molecule has 0 unspecified atom stereocenters. The van der Waals surface area contributed by atoms with Gasteiger partial charge in [0.2, 0.25) is 5.91 Å². The molecule has 3 rings (SSSR count). The molecule has 3 N–H and O–H groups in total. The standard InChI is InChI=1S/C18H18N2O4S/c21-16(19-10-17(22)23)8-11-4-6-13(7-5-11)20-18(24)15-9-12-2-1-3-14(12)25-15/h4-7,9H,1-3,8,10H2,(H,19,21)(H,20,24)(H,22,23). The van der Waals surface area contributed by atoms with Gasteiger partial charge in [-0.3, -0.25) is 14.4 Å². The second-order valence-corrected chi connectivity index (χ2v) is 7.05. The summed E-state index contributed by atoms with van der Waals surface area (Å²) in [5.41, 5.74) is 2.70. The second kappa shape index (κ2) is 7.48. The summed E-state index contributed by atoms with van der Waals surface area (Å²) in [6.45, 7) is -0.391. The number of carboxylic acid groups (broad SMARTS) is 1. The lowest BCUT2D eigenvalue weighted by atomic mass is 10.1. The average molecular weight is 358 g/mol. The van der Waals surface area contributed by atoms with E-state index in [1.165, 1.54) is 16.9 Å². The summed E-state index contributed by atoms with van der Waals surface area (Å²) in [7, 11) is 0. The van der Waals surface area contributed by atoms with Crippen LogP contribution in [-0.2, 0) is 28.9 Å². The summed E-state index contributed by atoms with van der Waals surface area (Å²) >= 11 is 1.56. The van der Waals surface area contributed by atoms with E-state index < -0.39 is 12.5 Å². The third-order valence-electron chi connectivity index (χ3n) is 3.98. The number of carbonyl (C=O) groups excluding carboxylic acids is 2. The van der Waals surface area contributed by atoms with Crippen molar-refractivity contribution in [2.45, 2.75) is 25.7 Å². The molecule has 0 spiro atoms. The maximum absolute atomic E-state index is 12.3. The van der Waals surface area contributed by atoms with Crippen molar-refractivity contribution in [1.29, 1.82) is 0 Å². The lowest BCUT2D eigenvalue weighted by Gasteiger charge is -2.06. The Balaban J connectivity index is 1.55. The van der Waals surface area contributed by atoms with E-state index in [1.54, 1.807) is 35.6 Å². The Labute approximate surface area is 148 Å². The van der Waals surface area contributed by atoms with E-state index in [1.807, 2.05) is 6.07 Å². The van der Waals surface area contributed by atoms with Crippen LogP contribution in [0.5, 0.6) is 0 Å². The number of anilines is 1. The second-order valence-electron chi connectivity index (χ2n) is 5.91. The highest BCUT2D eigenvalue weighted by atomic mass is 32.1. The quantitative estimate of drug-likeness (QED) is 0.738. The Hall–Kier alpha value is -2.67. The zero-order valence-electron chi connectivity index (χ0n) is 13.5. The summed E-state index contributed by atoms with van der Waals surface area (Å²) in [5.74, 6) is -1.55. The summed E-state index contributed by atoms with van der Waals surface area (Å²) in [6, 6.07) is 8.93. The number of rotatable bonds is 6. The molecule has 2 aromatic rings. The predicted molar refractivity (Wildman–Crippen MR) is 95.1 cm³/mol. The first-order chi connectivity index (χ1) is 12.0. The van der Waals surface area contributed by atoms with E-state index in [9.17, 15) is 14.4 Å². The molecule has 0 bridgehead atoms. The third kappa shape index (κ3) is 4.45. The number of aryl methyl sites for hydroxylation is 2. The zero-order chi connectivity index (χ0) is 17.8. The van der Waals surface area contributed by atoms with Gasteiger partial charge in [0.25, 0.3) is 5.91 Å². The predicted octanol–water partition coefficient (Wildman–Crippen LogP) is 2.23. The summed E-state index contributed by atoms with van der Waals surface area (Å²) in [6.07, 6.45) is 3.38. The van der Waals surface area contributed by atoms with Gasteiger partial charge in [0.1, 0.15) is 6.54 Å². The van der Waals surface area contributed by atoms with Gasteiger partial charge in [-0.1, -0.05) is 12.1 Å². The van der Waals surface area contributed by atoms with Crippen LogP contribution in [0.4, 0.5) is 5.69 Å². The molecule has 0 saturated carbocycles. The van der Waals surface area contributed by atoms with Crippen molar-refractivity contribution < 1.29 is 19.5 Å². The first kappa shape index (κ1) is 17.2. The molecular weight excluding hydrogens is 340 g/mol. The lowest BCUT2D eigenvalue weighted by molar-refractivity contribution is -0.137. The SMILES string of the molecule is O=C(O)CNC(=O)Cc1ccc(NC(=O)c2cc3c(s2)CCC3)cc1. The molecule has 1 aromatic heterocycles. The highest BCUT2D eigenvalue weighted by Crippen LogP contribution is 2.31. The fourth-order valence-electron chi connectivity index (χ4n) is 2.76. The maximum Gasteiger partial charge on any atom is 0.322 e. The molecule has 0 atom stereocenters. The van der Waals surface area contributed by atoms with Gasteiger partial charge in [-0.25, -0.2) is 0 Å². The van der Waals surface area contributed by atoms with Crippen molar-refractivity contribution >= 4 is 34.8 Å². The highest BCUT2D eigenvalue weighted by Gasteiger charge is 2.18. The van der Waals surface area contributed by atoms with Crippen LogP contribution in [0.15, 0.2) is 30.3 Å². The van der Waals surface area contributed by atoms with Gasteiger partial charge >= 0.3 is 5.97 Å². The van der Waals surface area contributed by atoms with Crippen molar-refractivity contribution in [3.05, 3.63) is 51.2 Å². The van der Waals surface area contributed by atoms with Crippen molar-refractivity contribution in [3.63, 3.8) is 0 Å². The van der Waals surface area contributed by atoms with Crippen molar-refractivity contribution in [2.24, 2.45) is 0 Å². The van der Waals surface area contributed by atoms with E-state index >= 15 is 0 Å². The van der Waals surface area contributed by atoms with Gasteiger partial charge in [-0.05, 0) is 48.6 Å². The van der Waals surface area contributed by atoms with E-state index in [4.69, 9.17) is 5.11 Å². The number of thiophene rings is 1. The van der Waals surface area contributed by atoms with Crippen molar-refractivity contribution in [2.75, 3.05) is 11.9 Å². The molecule has 0 saturated heterocycles. The third-order valence-corrected chi connectivity index (χ3v) is 5.22. The molecule has 1 aromatic carbocycles. The van der Waals surface area contributed by atoms with Crippen LogP contribution >= 0.6 is 11.3 Å². The van der Waals surface area contributed by atoms with Gasteiger partial charge < -0.3 is 15.7 Å². The maximum atomic E-state index is 12.3. The Morgan fingerprint density at radius 1 is 1.12 bits per heavy atom. The Kier molecular flexibility index (Phi) is 5.14. The number of benzene rings is 1.